The van der Waals surface area contributed by atoms with Crippen molar-refractivity contribution in [1.82, 2.24) is 21.0 Å². The van der Waals surface area contributed by atoms with Crippen LogP contribution in [0.1, 0.15) is 38.5 Å². The summed E-state index contributed by atoms with van der Waals surface area (Å²) in [5, 5.41) is 7.06. The normalized spacial score (nSPS) is 24.8. The van der Waals surface area contributed by atoms with E-state index in [1.165, 1.54) is 21.6 Å². The quantitative estimate of drug-likeness (QED) is 0.0447. The van der Waals surface area contributed by atoms with Crippen LogP contribution in [0, 0.1) is 0 Å². The van der Waals surface area contributed by atoms with Gasteiger partial charge in [0.05, 0.1) is 24.9 Å². The van der Waals surface area contributed by atoms with Crippen molar-refractivity contribution in [3.05, 3.63) is 0 Å². The van der Waals surface area contributed by atoms with Crippen LogP contribution in [-0.2, 0) is 34.1 Å². The number of rotatable bonds is 14. The van der Waals surface area contributed by atoms with E-state index in [9.17, 15) is 36.9 Å². The first-order chi connectivity index (χ1) is 17.1. The molecule has 0 aromatic heterocycles. The van der Waals surface area contributed by atoms with Crippen LogP contribution < -0.4 is 45.5 Å². The van der Waals surface area contributed by atoms with E-state index in [0.717, 1.165) is 25.0 Å². The Kier molecular flexibility index (Phi) is 13.4. The fourth-order valence-corrected chi connectivity index (χ4v) is 8.00. The van der Waals surface area contributed by atoms with Gasteiger partial charge in [-0.1, -0.05) is 28.0 Å². The molecule has 4 atom stereocenters. The van der Waals surface area contributed by atoms with Crippen molar-refractivity contribution in [3.8, 4) is 0 Å². The summed E-state index contributed by atoms with van der Waals surface area (Å²) in [6.07, 6.45) is 2.08. The largest absolute Gasteiger partial charge is 1.00 e. The van der Waals surface area contributed by atoms with Crippen molar-refractivity contribution in [2.24, 2.45) is 0 Å². The number of thioether (sulfide) groups is 1. The van der Waals surface area contributed by atoms with Crippen molar-refractivity contribution in [2.75, 3.05) is 23.8 Å². The zero-order chi connectivity index (χ0) is 26.3. The van der Waals surface area contributed by atoms with Gasteiger partial charge in [0.25, 0.3) is 11.8 Å². The number of hydrogen-bond acceptors (Lipinski definition) is 12. The summed E-state index contributed by atoms with van der Waals surface area (Å²) >= 11 is 1.85. The van der Waals surface area contributed by atoms with Gasteiger partial charge in [-0.15, -0.1) is 5.06 Å². The van der Waals surface area contributed by atoms with Gasteiger partial charge in [-0.05, 0) is 12.8 Å². The Bertz CT molecular complexity index is 987. The molecule has 3 heterocycles. The molecule has 0 bridgehead atoms. The summed E-state index contributed by atoms with van der Waals surface area (Å²) in [4.78, 5) is 63.2. The van der Waals surface area contributed by atoms with Crippen LogP contribution in [0.15, 0.2) is 0 Å². The van der Waals surface area contributed by atoms with Crippen molar-refractivity contribution in [3.63, 3.8) is 0 Å². The first-order valence-electron chi connectivity index (χ1n) is 11.3. The predicted octanol–water partition coefficient (Wildman–Crippen LogP) is -3.27. The Morgan fingerprint density at radius 2 is 1.86 bits per heavy atom. The molecule has 37 heavy (non-hydrogen) atoms. The maximum absolute atomic E-state index is 12.0. The minimum Gasteiger partial charge on any atom is -0.747 e. The molecule has 0 spiro atoms. The molecule has 0 radical (unpaired) electrons. The SMILES string of the molecule is O=C(CCCC[C@@H]1SCC2NC(=O)NC21)NCCSSCCC(=O)ON1C(=O)CC(S(=O)(=O)[O-])C1=O.[Na+]. The number of unbranched alkanes of at least 4 members (excludes halogenated alkanes) is 1. The van der Waals surface area contributed by atoms with Crippen molar-refractivity contribution in [2.45, 2.75) is 61.1 Å². The summed E-state index contributed by atoms with van der Waals surface area (Å²) in [5.74, 6) is -1.53. The van der Waals surface area contributed by atoms with E-state index in [4.69, 9.17) is 0 Å². The molecule has 0 aromatic rings. The topological polar surface area (TPSA) is 191 Å². The second-order valence-corrected chi connectivity index (χ2v) is 13.8. The van der Waals surface area contributed by atoms with E-state index >= 15 is 0 Å². The number of hydrogen-bond donors (Lipinski definition) is 3. The van der Waals surface area contributed by atoms with Gasteiger partial charge >= 0.3 is 41.6 Å². The zero-order valence-corrected chi connectivity index (χ0v) is 25.4. The maximum atomic E-state index is 12.0. The minimum atomic E-state index is -5.01. The van der Waals surface area contributed by atoms with Crippen LogP contribution in [0.3, 0.4) is 0 Å². The molecule has 5 amide bonds. The van der Waals surface area contributed by atoms with E-state index in [0.29, 0.717) is 29.7 Å². The van der Waals surface area contributed by atoms with Gasteiger partial charge in [0.2, 0.25) is 5.91 Å². The molecule has 3 rings (SSSR count). The molecule has 3 aliphatic rings. The Morgan fingerprint density at radius 1 is 1.14 bits per heavy atom. The molecule has 3 aliphatic heterocycles. The summed E-state index contributed by atoms with van der Waals surface area (Å²) in [5.41, 5.74) is 0. The fourth-order valence-electron chi connectivity index (χ4n) is 3.89. The first-order valence-corrected chi connectivity index (χ1v) is 16.3. The van der Waals surface area contributed by atoms with Crippen LogP contribution in [-0.4, -0.2) is 94.1 Å². The monoisotopic (exact) mass is 606 g/mol. The number of imide groups is 1. The first kappa shape index (κ1) is 32.5. The summed E-state index contributed by atoms with van der Waals surface area (Å²) in [7, 11) is -2.25. The van der Waals surface area contributed by atoms with Gasteiger partial charge in [-0.25, -0.2) is 18.0 Å². The summed E-state index contributed by atoms with van der Waals surface area (Å²) in [6, 6.07) is 0.275. The number of nitrogens with one attached hydrogen (secondary N) is 3. The number of hydroxylamine groups is 2. The van der Waals surface area contributed by atoms with Gasteiger partial charge in [0, 0.05) is 35.5 Å². The smallest absolute Gasteiger partial charge is 0.747 e. The van der Waals surface area contributed by atoms with Crippen LogP contribution >= 0.6 is 33.3 Å². The summed E-state index contributed by atoms with van der Waals surface area (Å²) < 4.78 is 32.9. The van der Waals surface area contributed by atoms with Crippen LogP contribution in [0.5, 0.6) is 0 Å². The standard InChI is InChI=1S/C19H28N4O9S4.Na/c24-14(4-2-1-3-12-17-11(10-33-12)21-19(28)22-17)20-6-8-35-34-7-5-16(26)32-23-15(25)9-13(18(23)27)36(29,30)31;/h11-13,17H,1-10H2,(H,20,24)(H2,21,22,28)(H,29,30,31);/q;+1/p-1/t11?,12-,13?,17?;/m0./s1. The van der Waals surface area contributed by atoms with E-state index in [2.05, 4.69) is 20.8 Å². The number of fused-ring (bicyclic) bond motifs is 1. The molecule has 3 fully saturated rings. The van der Waals surface area contributed by atoms with Gasteiger partial charge in [0.1, 0.15) is 15.4 Å². The van der Waals surface area contributed by atoms with Crippen molar-refractivity contribution < 1.29 is 71.3 Å². The van der Waals surface area contributed by atoms with E-state index in [-0.39, 0.29) is 65.1 Å². The maximum Gasteiger partial charge on any atom is 1.00 e. The molecule has 0 aliphatic carbocycles. The average Bonchev–Trinajstić information content (AvgIpc) is 3.44. The Labute approximate surface area is 248 Å². The third kappa shape index (κ3) is 9.77. The Balaban J connectivity index is 0.00000481. The van der Waals surface area contributed by atoms with Crippen LogP contribution in [0.2, 0.25) is 0 Å². The number of amides is 5. The Hall–Kier alpha value is -0.690. The molecule has 202 valence electrons. The molecule has 0 saturated carbocycles. The average molecular weight is 607 g/mol. The number of nitrogens with zero attached hydrogens (tertiary/aromatic N) is 1. The number of carbonyl (C=O) groups excluding carboxylic acids is 5. The van der Waals surface area contributed by atoms with E-state index in [1.54, 1.807) is 0 Å². The number of carbonyl (C=O) groups is 5. The third-order valence-electron chi connectivity index (χ3n) is 5.66. The molecule has 3 saturated heterocycles. The molecular weight excluding hydrogens is 579 g/mol. The van der Waals surface area contributed by atoms with Gasteiger partial charge in [0.15, 0.2) is 0 Å². The number of urea groups is 1. The Morgan fingerprint density at radius 3 is 2.57 bits per heavy atom. The van der Waals surface area contributed by atoms with Gasteiger partial charge in [-0.3, -0.25) is 14.4 Å². The fraction of sp³-hybridized carbons (Fsp3) is 0.737. The van der Waals surface area contributed by atoms with Crippen LogP contribution in [0.25, 0.3) is 0 Å². The summed E-state index contributed by atoms with van der Waals surface area (Å²) in [6.45, 7) is 0.461. The second kappa shape index (κ2) is 15.2. The second-order valence-electron chi connectivity index (χ2n) is 8.29. The molecule has 18 heteroatoms. The third-order valence-corrected chi connectivity index (χ3v) is 10.6. The van der Waals surface area contributed by atoms with Gasteiger partial charge in [-0.2, -0.15) is 11.8 Å². The van der Waals surface area contributed by atoms with Crippen LogP contribution in [0.4, 0.5) is 4.79 Å². The van der Waals surface area contributed by atoms with Crippen molar-refractivity contribution in [1.29, 1.82) is 0 Å². The minimum absolute atomic E-state index is 0. The van der Waals surface area contributed by atoms with E-state index < -0.39 is 39.6 Å². The molecule has 3 unspecified atom stereocenters. The zero-order valence-electron chi connectivity index (χ0n) is 20.1. The van der Waals surface area contributed by atoms with E-state index in [1.807, 2.05) is 11.8 Å². The predicted molar refractivity (Wildman–Crippen MR) is 133 cm³/mol. The molecule has 3 N–H and O–H groups in total. The van der Waals surface area contributed by atoms with Gasteiger partial charge < -0.3 is 25.3 Å². The molecular formula is C19H27N4NaO9S4. The van der Waals surface area contributed by atoms with Crippen molar-refractivity contribution >= 4 is 73.2 Å². The molecule has 13 nitrogen and oxygen atoms in total. The molecule has 0 aromatic carbocycles.